The van der Waals surface area contributed by atoms with E-state index in [1.807, 2.05) is 9.36 Å². The zero-order valence-corrected chi connectivity index (χ0v) is 31.0. The van der Waals surface area contributed by atoms with Gasteiger partial charge >= 0.3 is 0 Å². The Bertz CT molecular complexity index is 3730. The Morgan fingerprint density at radius 2 is 0.603 bits per heavy atom. The summed E-state index contributed by atoms with van der Waals surface area (Å²) in [6.45, 7) is 1.27. The summed E-state index contributed by atoms with van der Waals surface area (Å²) in [6, 6.07) is 49.5. The second-order valence-electron chi connectivity index (χ2n) is 16.4. The molecule has 0 N–H and O–H groups in total. The smallest absolute Gasteiger partial charge is 0.113 e. The third-order valence-electron chi connectivity index (χ3n) is 13.4. The number of aromatic nitrogens is 6. The highest BCUT2D eigenvalue weighted by Gasteiger charge is 2.24. The first-order valence-electron chi connectivity index (χ1n) is 19.9. The van der Waals surface area contributed by atoms with E-state index in [1.54, 1.807) is 0 Å². The zero-order valence-electron chi connectivity index (χ0n) is 31.0. The monoisotopic (exact) mass is 736 g/mol. The highest BCUT2D eigenvalue weighted by atomic mass is 15.4. The standard InChI is InChI=1S/C52H28N6/c1-2-28(24-58-26-42(54-56-58)40-22-36-16-14-32-8-6-30-10-12-34-18-20-38(40)52-48(34)44(30)46(32)50(36)52)4-3-27(1)23-57-25-41(53-55-57)39-21-35-15-13-31-7-5-29-9-11-33-17-19-37(39)51-47(33)43(29)45(31)49(35)51/h1-22,25-26H,23-24H2. The fourth-order valence-electron chi connectivity index (χ4n) is 10.9. The Kier molecular flexibility index (Phi) is 5.19. The van der Waals surface area contributed by atoms with Crippen molar-refractivity contribution in [3.05, 3.63) is 157 Å². The SMILES string of the molecule is c1cc(Cn2cc(-c3cc4ccc5ccc6ccc7ccc3c3c7c6c5c43)nn2)ccc1Cn1cc(-c2cc3ccc4ccc5ccc6ccc2c2c6c5c4c32)nn1. The molecule has 0 aliphatic rings. The topological polar surface area (TPSA) is 61.4 Å². The van der Waals surface area contributed by atoms with Gasteiger partial charge in [0.15, 0.2) is 0 Å². The molecule has 0 unspecified atom stereocenters. The van der Waals surface area contributed by atoms with Crippen molar-refractivity contribution in [3.8, 4) is 22.5 Å². The first-order valence-corrected chi connectivity index (χ1v) is 19.9. The quantitative estimate of drug-likeness (QED) is 0.159. The van der Waals surface area contributed by atoms with Crippen molar-refractivity contribution in [2.24, 2.45) is 0 Å². The van der Waals surface area contributed by atoms with Crippen LogP contribution in [0, 0.1) is 0 Å². The number of hydrogen-bond acceptors (Lipinski definition) is 4. The van der Waals surface area contributed by atoms with Gasteiger partial charge in [0.1, 0.15) is 11.4 Å². The second-order valence-corrected chi connectivity index (χ2v) is 16.4. The van der Waals surface area contributed by atoms with Crippen molar-refractivity contribution in [3.63, 3.8) is 0 Å². The Labute approximate surface area is 329 Å². The fourth-order valence-corrected chi connectivity index (χ4v) is 10.9. The summed E-state index contributed by atoms with van der Waals surface area (Å²) in [5.41, 5.74) is 6.36. The summed E-state index contributed by atoms with van der Waals surface area (Å²) in [5.74, 6) is 0. The minimum absolute atomic E-state index is 0.633. The van der Waals surface area contributed by atoms with Crippen LogP contribution < -0.4 is 0 Å². The van der Waals surface area contributed by atoms with Gasteiger partial charge in [-0.05, 0) is 131 Å². The molecule has 15 aromatic rings. The van der Waals surface area contributed by atoms with Gasteiger partial charge in [0, 0.05) is 11.1 Å². The van der Waals surface area contributed by atoms with Crippen molar-refractivity contribution >= 4 is 108 Å². The maximum Gasteiger partial charge on any atom is 0.113 e. The van der Waals surface area contributed by atoms with Crippen molar-refractivity contribution in [1.82, 2.24) is 30.0 Å². The number of hydrogen-bond donors (Lipinski definition) is 0. The molecule has 58 heavy (non-hydrogen) atoms. The van der Waals surface area contributed by atoms with Crippen molar-refractivity contribution in [2.45, 2.75) is 13.1 Å². The van der Waals surface area contributed by atoms with E-state index in [0.29, 0.717) is 13.1 Å². The molecule has 0 aliphatic heterocycles. The minimum atomic E-state index is 0.633. The van der Waals surface area contributed by atoms with Crippen LogP contribution in [0.4, 0.5) is 0 Å². The average molecular weight is 737 g/mol. The van der Waals surface area contributed by atoms with Gasteiger partial charge in [-0.2, -0.15) is 0 Å². The van der Waals surface area contributed by atoms with E-state index in [0.717, 1.165) is 33.6 Å². The molecule has 15 rings (SSSR count). The predicted molar refractivity (Wildman–Crippen MR) is 238 cm³/mol. The van der Waals surface area contributed by atoms with E-state index in [1.165, 1.54) is 108 Å². The second kappa shape index (κ2) is 10.2. The molecule has 2 heterocycles. The summed E-state index contributed by atoms with van der Waals surface area (Å²) in [4.78, 5) is 0. The van der Waals surface area contributed by atoms with Gasteiger partial charge in [-0.1, -0.05) is 132 Å². The summed E-state index contributed by atoms with van der Waals surface area (Å²) in [5, 5.41) is 45.1. The molecule has 0 atom stereocenters. The lowest BCUT2D eigenvalue weighted by Crippen LogP contribution is -2.02. The molecule has 0 saturated carbocycles. The molecule has 6 heteroatoms. The largest absolute Gasteiger partial charge is 0.247 e. The zero-order chi connectivity index (χ0) is 37.4. The number of benzene rings is 11. The van der Waals surface area contributed by atoms with Gasteiger partial charge in [-0.3, -0.25) is 0 Å². The Morgan fingerprint density at radius 3 is 0.966 bits per heavy atom. The Balaban J connectivity index is 0.736. The number of nitrogens with zero attached hydrogens (tertiary/aromatic N) is 6. The van der Waals surface area contributed by atoms with Crippen LogP contribution in [0.1, 0.15) is 11.1 Å². The predicted octanol–water partition coefficient (Wildman–Crippen LogP) is 12.5. The molecule has 13 aromatic carbocycles. The van der Waals surface area contributed by atoms with Crippen LogP contribution in [0.5, 0.6) is 0 Å². The molecule has 0 radical (unpaired) electrons. The van der Waals surface area contributed by atoms with Gasteiger partial charge in [-0.25, -0.2) is 9.36 Å². The van der Waals surface area contributed by atoms with E-state index in [4.69, 9.17) is 10.2 Å². The Morgan fingerprint density at radius 1 is 0.310 bits per heavy atom. The van der Waals surface area contributed by atoms with E-state index in [9.17, 15) is 0 Å². The normalized spacial score (nSPS) is 13.0. The van der Waals surface area contributed by atoms with Gasteiger partial charge in [0.2, 0.25) is 0 Å². The molecule has 266 valence electrons. The van der Waals surface area contributed by atoms with E-state index < -0.39 is 0 Å². The first-order chi connectivity index (χ1) is 28.7. The summed E-state index contributed by atoms with van der Waals surface area (Å²) in [6.07, 6.45) is 4.17. The number of rotatable bonds is 6. The molecule has 0 amide bonds. The first kappa shape index (κ1) is 29.6. The van der Waals surface area contributed by atoms with Crippen LogP contribution in [0.3, 0.4) is 0 Å². The van der Waals surface area contributed by atoms with Gasteiger partial charge < -0.3 is 0 Å². The lowest BCUT2D eigenvalue weighted by molar-refractivity contribution is 0.643. The third kappa shape index (κ3) is 3.64. The van der Waals surface area contributed by atoms with Crippen LogP contribution in [-0.2, 0) is 13.1 Å². The molecule has 0 spiro atoms. The molecule has 0 aliphatic carbocycles. The molecule has 6 nitrogen and oxygen atoms in total. The molecule has 0 bridgehead atoms. The van der Waals surface area contributed by atoms with Gasteiger partial charge in [0.05, 0.1) is 25.5 Å². The highest BCUT2D eigenvalue weighted by Crippen LogP contribution is 2.51. The average Bonchev–Trinajstić information content (AvgIpc) is 4.09. The lowest BCUT2D eigenvalue weighted by Gasteiger charge is -2.09. The van der Waals surface area contributed by atoms with E-state index in [2.05, 4.69) is 156 Å². The van der Waals surface area contributed by atoms with Crippen molar-refractivity contribution in [2.75, 3.05) is 0 Å². The Hall–Kier alpha value is -7.70. The molecule has 2 aromatic heterocycles. The summed E-state index contributed by atoms with van der Waals surface area (Å²) in [7, 11) is 0. The minimum Gasteiger partial charge on any atom is -0.247 e. The van der Waals surface area contributed by atoms with Gasteiger partial charge in [0.25, 0.3) is 0 Å². The van der Waals surface area contributed by atoms with Crippen LogP contribution in [0.2, 0.25) is 0 Å². The van der Waals surface area contributed by atoms with Crippen LogP contribution in [-0.4, -0.2) is 30.0 Å². The fraction of sp³-hybridized carbons (Fsp3) is 0.0385. The van der Waals surface area contributed by atoms with E-state index >= 15 is 0 Å². The molecular weight excluding hydrogens is 709 g/mol. The maximum absolute atomic E-state index is 4.72. The molecular formula is C52H28N6. The highest BCUT2D eigenvalue weighted by molar-refractivity contribution is 6.46. The molecule has 0 fully saturated rings. The third-order valence-corrected chi connectivity index (χ3v) is 13.4. The lowest BCUT2D eigenvalue weighted by atomic mass is 9.94. The van der Waals surface area contributed by atoms with E-state index in [-0.39, 0.29) is 0 Å². The maximum atomic E-state index is 4.72. The van der Waals surface area contributed by atoms with Crippen LogP contribution in [0.15, 0.2) is 146 Å². The molecule has 0 saturated heterocycles. The summed E-state index contributed by atoms with van der Waals surface area (Å²) < 4.78 is 3.90. The van der Waals surface area contributed by atoms with Crippen molar-refractivity contribution in [1.29, 1.82) is 0 Å². The van der Waals surface area contributed by atoms with Crippen molar-refractivity contribution < 1.29 is 0 Å². The van der Waals surface area contributed by atoms with Crippen LogP contribution >= 0.6 is 0 Å². The van der Waals surface area contributed by atoms with Crippen LogP contribution in [0.25, 0.3) is 130 Å². The van der Waals surface area contributed by atoms with Gasteiger partial charge in [-0.15, -0.1) is 10.2 Å². The summed E-state index contributed by atoms with van der Waals surface area (Å²) >= 11 is 0.